The lowest BCUT2D eigenvalue weighted by molar-refractivity contribution is 0.0551. The fourth-order valence-corrected chi connectivity index (χ4v) is 9.18. The number of nitrogens with zero attached hydrogens (tertiary/aromatic N) is 3. The van der Waals surface area contributed by atoms with Gasteiger partial charge in [0, 0.05) is 49.1 Å². The lowest BCUT2D eigenvalue weighted by Crippen LogP contribution is -2.27. The first-order valence-electron chi connectivity index (χ1n) is 19.9. The van der Waals surface area contributed by atoms with Crippen LogP contribution in [-0.2, 0) is 4.74 Å². The van der Waals surface area contributed by atoms with E-state index in [1.54, 1.807) is 10.6 Å². The molecular formula is C53H38FN3O2. The molecule has 0 radical (unpaired) electrons. The standard InChI is InChI=1S/C53H38FN3O2/c1-53(2,3)59-52(58)57-48-31-30-33(55-45-26-10-6-18-36(45)37-19-7-11-27-46(37)55)32-43(48)42-24-15-22-40(51(42)57)35-17-5-4-16-34(35)39-21-14-23-41-38-20-8-12-28-47(38)56(50(39)41)49-29-13-9-25-44(49)54/h4-32H,1-3H3. The first kappa shape index (κ1) is 34.8. The molecule has 0 amide bonds. The van der Waals surface area contributed by atoms with Gasteiger partial charge in [-0.1, -0.05) is 127 Å². The third-order valence-corrected chi connectivity index (χ3v) is 11.5. The summed E-state index contributed by atoms with van der Waals surface area (Å²) in [7, 11) is 0. The predicted molar refractivity (Wildman–Crippen MR) is 241 cm³/mol. The summed E-state index contributed by atoms with van der Waals surface area (Å²) in [6.45, 7) is 5.68. The van der Waals surface area contributed by atoms with Gasteiger partial charge in [0.05, 0.1) is 38.8 Å². The molecule has 284 valence electrons. The monoisotopic (exact) mass is 767 g/mol. The number of fused-ring (bicyclic) bond motifs is 9. The fraction of sp³-hybridized carbons (Fsp3) is 0.0755. The van der Waals surface area contributed by atoms with Gasteiger partial charge >= 0.3 is 6.09 Å². The molecule has 0 unspecified atom stereocenters. The van der Waals surface area contributed by atoms with E-state index in [4.69, 9.17) is 4.74 Å². The van der Waals surface area contributed by atoms with E-state index in [1.807, 2.05) is 73.9 Å². The topological polar surface area (TPSA) is 41.1 Å². The summed E-state index contributed by atoms with van der Waals surface area (Å²) in [6.07, 6.45) is -0.450. The number of carbonyl (C=O) groups excluding carboxylic acids is 1. The van der Waals surface area contributed by atoms with Crippen molar-refractivity contribution >= 4 is 71.5 Å². The van der Waals surface area contributed by atoms with Crippen LogP contribution < -0.4 is 0 Å². The van der Waals surface area contributed by atoms with Crippen molar-refractivity contribution < 1.29 is 13.9 Å². The van der Waals surface area contributed by atoms with Crippen LogP contribution in [0.3, 0.4) is 0 Å². The van der Waals surface area contributed by atoms with Crippen LogP contribution in [0.25, 0.3) is 99.0 Å². The van der Waals surface area contributed by atoms with E-state index in [0.717, 1.165) is 82.6 Å². The lowest BCUT2D eigenvalue weighted by atomic mass is 9.92. The van der Waals surface area contributed by atoms with Crippen molar-refractivity contribution in [2.24, 2.45) is 0 Å². The number of halogens is 1. The normalized spacial score (nSPS) is 12.1. The molecule has 0 saturated heterocycles. The van der Waals surface area contributed by atoms with Crippen LogP contribution in [0.4, 0.5) is 9.18 Å². The molecule has 0 aliphatic heterocycles. The van der Waals surface area contributed by atoms with E-state index < -0.39 is 11.7 Å². The highest BCUT2D eigenvalue weighted by Crippen LogP contribution is 2.45. The Morgan fingerprint density at radius 1 is 0.458 bits per heavy atom. The Morgan fingerprint density at radius 2 is 0.932 bits per heavy atom. The van der Waals surface area contributed by atoms with Gasteiger partial charge in [0.1, 0.15) is 11.4 Å². The third-order valence-electron chi connectivity index (χ3n) is 11.5. The highest BCUT2D eigenvalue weighted by Gasteiger charge is 2.27. The van der Waals surface area contributed by atoms with Gasteiger partial charge in [0.15, 0.2) is 0 Å². The van der Waals surface area contributed by atoms with Crippen molar-refractivity contribution in [3.63, 3.8) is 0 Å². The number of hydrogen-bond acceptors (Lipinski definition) is 2. The molecule has 0 N–H and O–H groups in total. The molecule has 0 fully saturated rings. The van der Waals surface area contributed by atoms with Gasteiger partial charge in [0.2, 0.25) is 0 Å². The summed E-state index contributed by atoms with van der Waals surface area (Å²) in [5.41, 5.74) is 10.0. The zero-order valence-electron chi connectivity index (χ0n) is 32.8. The number of para-hydroxylation sites is 6. The van der Waals surface area contributed by atoms with Crippen molar-refractivity contribution in [3.05, 3.63) is 182 Å². The minimum atomic E-state index is -0.731. The third kappa shape index (κ3) is 5.33. The van der Waals surface area contributed by atoms with E-state index in [0.29, 0.717) is 5.69 Å². The largest absolute Gasteiger partial charge is 0.443 e. The zero-order chi connectivity index (χ0) is 40.0. The van der Waals surface area contributed by atoms with Crippen molar-refractivity contribution in [1.82, 2.24) is 13.7 Å². The molecule has 5 nitrogen and oxygen atoms in total. The summed E-state index contributed by atoms with van der Waals surface area (Å²) in [6, 6.07) is 59.2. The highest BCUT2D eigenvalue weighted by atomic mass is 19.1. The Morgan fingerprint density at radius 3 is 1.54 bits per heavy atom. The number of aromatic nitrogens is 3. The minimum Gasteiger partial charge on any atom is -0.443 e. The molecule has 59 heavy (non-hydrogen) atoms. The second-order valence-electron chi connectivity index (χ2n) is 16.1. The quantitative estimate of drug-likeness (QED) is 0.179. The van der Waals surface area contributed by atoms with Crippen LogP contribution in [0.15, 0.2) is 176 Å². The lowest BCUT2D eigenvalue weighted by Gasteiger charge is -2.21. The molecule has 0 aliphatic carbocycles. The second kappa shape index (κ2) is 13.0. The molecule has 8 aromatic carbocycles. The van der Waals surface area contributed by atoms with Crippen LogP contribution in [0, 0.1) is 5.82 Å². The van der Waals surface area contributed by atoms with Crippen molar-refractivity contribution in [1.29, 1.82) is 0 Å². The van der Waals surface area contributed by atoms with Crippen LogP contribution in [0.1, 0.15) is 20.8 Å². The second-order valence-corrected chi connectivity index (χ2v) is 16.1. The van der Waals surface area contributed by atoms with E-state index in [-0.39, 0.29) is 5.82 Å². The van der Waals surface area contributed by atoms with Gasteiger partial charge in [-0.2, -0.15) is 0 Å². The van der Waals surface area contributed by atoms with Crippen LogP contribution in [0.5, 0.6) is 0 Å². The van der Waals surface area contributed by atoms with Crippen LogP contribution in [-0.4, -0.2) is 25.4 Å². The van der Waals surface area contributed by atoms with E-state index in [1.165, 1.54) is 16.8 Å². The predicted octanol–water partition coefficient (Wildman–Crippen LogP) is 14.2. The molecule has 0 spiro atoms. The molecule has 11 rings (SSSR count). The minimum absolute atomic E-state index is 0.301. The van der Waals surface area contributed by atoms with Crippen LogP contribution in [0.2, 0.25) is 0 Å². The van der Waals surface area contributed by atoms with Crippen molar-refractivity contribution in [2.45, 2.75) is 26.4 Å². The van der Waals surface area contributed by atoms with Gasteiger partial charge in [-0.25, -0.2) is 13.8 Å². The Labute approximate surface area is 339 Å². The maximum Gasteiger partial charge on any atom is 0.419 e. The summed E-state index contributed by atoms with van der Waals surface area (Å²) < 4.78 is 28.1. The van der Waals surface area contributed by atoms with Crippen LogP contribution >= 0.6 is 0 Å². The average molecular weight is 768 g/mol. The summed E-state index contributed by atoms with van der Waals surface area (Å²) in [4.78, 5) is 14.6. The van der Waals surface area contributed by atoms with Crippen molar-refractivity contribution in [2.75, 3.05) is 0 Å². The molecule has 0 saturated carbocycles. The van der Waals surface area contributed by atoms with E-state index in [2.05, 4.69) is 120 Å². The number of rotatable bonds is 4. The summed E-state index contributed by atoms with van der Waals surface area (Å²) in [5.74, 6) is -0.301. The highest BCUT2D eigenvalue weighted by molar-refractivity contribution is 6.19. The van der Waals surface area contributed by atoms with Gasteiger partial charge in [-0.3, -0.25) is 0 Å². The fourth-order valence-electron chi connectivity index (χ4n) is 9.18. The van der Waals surface area contributed by atoms with Gasteiger partial charge < -0.3 is 13.9 Å². The van der Waals surface area contributed by atoms with E-state index >= 15 is 4.39 Å². The SMILES string of the molecule is CC(C)(C)OC(=O)n1c2ccc(-n3c4ccccc4c4ccccc43)cc2c2cccc(-c3ccccc3-c3cccc4c5ccccc5n(-c5ccccc5F)c34)c21. The first-order valence-corrected chi connectivity index (χ1v) is 19.9. The average Bonchev–Trinajstić information content (AvgIpc) is 3.89. The number of carbonyl (C=O) groups is 1. The molecule has 3 aromatic heterocycles. The number of hydrogen-bond donors (Lipinski definition) is 0. The zero-order valence-corrected chi connectivity index (χ0v) is 32.8. The maximum absolute atomic E-state index is 15.8. The Kier molecular flexibility index (Phi) is 7.69. The summed E-state index contributed by atoms with van der Waals surface area (Å²) in [5, 5.41) is 6.29. The Balaban J connectivity index is 1.21. The molecular weight excluding hydrogens is 730 g/mol. The molecule has 0 atom stereocenters. The van der Waals surface area contributed by atoms with Gasteiger partial charge in [-0.15, -0.1) is 0 Å². The number of ether oxygens (including phenoxy) is 1. The summed E-state index contributed by atoms with van der Waals surface area (Å²) >= 11 is 0. The molecule has 0 aliphatic rings. The van der Waals surface area contributed by atoms with Gasteiger partial charge in [0.25, 0.3) is 0 Å². The molecule has 0 bridgehead atoms. The molecule has 6 heteroatoms. The number of benzene rings is 8. The van der Waals surface area contributed by atoms with E-state index in [9.17, 15) is 4.79 Å². The maximum atomic E-state index is 15.8. The van der Waals surface area contributed by atoms with Gasteiger partial charge in [-0.05, 0) is 80.4 Å². The smallest absolute Gasteiger partial charge is 0.419 e. The Bertz CT molecular complexity index is 3450. The molecule has 11 aromatic rings. The first-order chi connectivity index (χ1) is 28.8. The van der Waals surface area contributed by atoms with Crippen molar-refractivity contribution in [3.8, 4) is 33.6 Å². The molecule has 3 heterocycles. The Hall–Kier alpha value is -7.44.